The van der Waals surface area contributed by atoms with Crippen LogP contribution in [0, 0.1) is 5.92 Å². The van der Waals surface area contributed by atoms with E-state index in [4.69, 9.17) is 8.60 Å². The fourth-order valence-corrected chi connectivity index (χ4v) is 15.1. The molecule has 1 heterocycles. The van der Waals surface area contributed by atoms with Gasteiger partial charge in [0.2, 0.25) is 0 Å². The average Bonchev–Trinajstić information content (AvgIpc) is 3.52. The first-order valence-electron chi connectivity index (χ1n) is 20.4. The number of hydrogen-bond donors (Lipinski definition) is 0. The van der Waals surface area contributed by atoms with E-state index in [1.165, 1.54) is 50.6 Å². The smallest absolute Gasteiger partial charge is 0.452 e. The number of halogens is 3. The number of furan rings is 1. The third-order valence-electron chi connectivity index (χ3n) is 15.7. The van der Waals surface area contributed by atoms with Gasteiger partial charge in [0.25, 0.3) is 0 Å². The number of rotatable bonds is 2. The molecule has 0 saturated heterocycles. The summed E-state index contributed by atoms with van der Waals surface area (Å²) >= 11 is 0. The molecule has 3 fully saturated rings. The van der Waals surface area contributed by atoms with E-state index in [-0.39, 0.29) is 40.1 Å². The van der Waals surface area contributed by atoms with Crippen molar-refractivity contribution in [2.45, 2.75) is 78.0 Å². The summed E-state index contributed by atoms with van der Waals surface area (Å²) in [5, 5.41) is 1.56. The van der Waals surface area contributed by atoms with Gasteiger partial charge in [0.1, 0.15) is 5.58 Å². The lowest BCUT2D eigenvalue weighted by molar-refractivity contribution is -0.0786. The van der Waals surface area contributed by atoms with Gasteiger partial charge >= 0.3 is 15.6 Å². The second-order valence-corrected chi connectivity index (χ2v) is 19.6. The lowest BCUT2D eigenvalue weighted by Gasteiger charge is -2.70. The van der Waals surface area contributed by atoms with Crippen LogP contribution in [0.3, 0.4) is 0 Å². The van der Waals surface area contributed by atoms with Crippen LogP contribution in [0.5, 0.6) is 5.75 Å². The van der Waals surface area contributed by atoms with Gasteiger partial charge in [0.15, 0.2) is 11.3 Å². The lowest BCUT2D eigenvalue weighted by atomic mass is 9.32. The maximum absolute atomic E-state index is 13.9. The van der Waals surface area contributed by atoms with Gasteiger partial charge in [0.05, 0.1) is 0 Å². The van der Waals surface area contributed by atoms with Crippen molar-refractivity contribution < 1.29 is 30.2 Å². The predicted octanol–water partition coefficient (Wildman–Crippen LogP) is 12.6. The second-order valence-electron chi connectivity index (χ2n) is 18.1. The fraction of sp³-hybridized carbons (Fsp3) is 0.280. The molecule has 0 N–H and O–H groups in total. The molecular weight excluding hydrogens is 754 g/mol. The standard InChI is InChI=1S/C50H37F3O4S/c51-50(52,53)58(54,55)57-42-21-20-40-44-43-33(16-9-19-41(43)56-45(42)44)30-26-48-23-28(31-10-1-3-12-34(31)37-15-6-8-18-39(37)48)22-47-24-29(25-49(40,27-30)46(47)48)32-11-2-4-13-35(32)36-14-5-7-17-38(36)47/h1-21,28-30,46H,22-27H2. The molecule has 1 aromatic heterocycles. The Morgan fingerprint density at radius 3 is 1.53 bits per heavy atom. The monoisotopic (exact) mass is 790 g/mol. The summed E-state index contributed by atoms with van der Waals surface area (Å²) in [5.41, 5.74) is 6.81. The van der Waals surface area contributed by atoms with Gasteiger partial charge in [-0.1, -0.05) is 115 Å². The highest BCUT2D eigenvalue weighted by Crippen LogP contribution is 2.79. The van der Waals surface area contributed by atoms with Crippen molar-refractivity contribution in [2.75, 3.05) is 0 Å². The molecule has 0 aliphatic heterocycles. The third kappa shape index (κ3) is 3.96. The molecule has 13 rings (SSSR count). The van der Waals surface area contributed by atoms with E-state index in [1.54, 1.807) is 0 Å². The molecule has 8 heteroatoms. The lowest BCUT2D eigenvalue weighted by Crippen LogP contribution is -2.67. The average molecular weight is 791 g/mol. The third-order valence-corrected chi connectivity index (χ3v) is 16.7. The zero-order valence-electron chi connectivity index (χ0n) is 31.4. The maximum atomic E-state index is 13.9. The van der Waals surface area contributed by atoms with Gasteiger partial charge in [-0.05, 0) is 130 Å². The molecule has 6 aliphatic rings. The Kier molecular flexibility index (Phi) is 6.27. The Bertz CT molecular complexity index is 3080. The molecule has 7 atom stereocenters. The van der Waals surface area contributed by atoms with Crippen molar-refractivity contribution in [3.8, 4) is 28.0 Å². The summed E-state index contributed by atoms with van der Waals surface area (Å²) in [4.78, 5) is 0. The van der Waals surface area contributed by atoms with Crippen LogP contribution in [0.15, 0.2) is 132 Å². The summed E-state index contributed by atoms with van der Waals surface area (Å²) in [6.45, 7) is 0. The van der Waals surface area contributed by atoms with Crippen LogP contribution in [-0.2, 0) is 26.4 Å². The first kappa shape index (κ1) is 33.6. The molecule has 4 nitrogen and oxygen atoms in total. The van der Waals surface area contributed by atoms with E-state index in [0.717, 1.165) is 55.0 Å². The van der Waals surface area contributed by atoms with Gasteiger partial charge in [-0.25, -0.2) is 0 Å². The van der Waals surface area contributed by atoms with Crippen molar-refractivity contribution in [3.63, 3.8) is 0 Å². The Hall–Kier alpha value is -5.34. The highest BCUT2D eigenvalue weighted by atomic mass is 32.2. The molecule has 6 aromatic carbocycles. The van der Waals surface area contributed by atoms with Crippen molar-refractivity contribution in [1.82, 2.24) is 0 Å². The largest absolute Gasteiger partial charge is 0.534 e. The summed E-state index contributed by atoms with van der Waals surface area (Å²) in [6, 6.07) is 45.6. The Labute approximate surface area is 333 Å². The SMILES string of the molecule is O=S(=O)(Oc1ccc2c3c1oc1cccc(c13)C1CC34CC(CC56CC(CC2(C1)C53)c1ccccc1-c1ccccc16)c1ccccc1-c1ccccc14)C(F)(F)F. The van der Waals surface area contributed by atoms with Gasteiger partial charge < -0.3 is 8.60 Å². The van der Waals surface area contributed by atoms with E-state index < -0.39 is 26.8 Å². The minimum Gasteiger partial charge on any atom is -0.452 e. The van der Waals surface area contributed by atoms with Crippen LogP contribution in [-0.4, -0.2) is 13.9 Å². The van der Waals surface area contributed by atoms with Crippen LogP contribution in [0.2, 0.25) is 0 Å². The van der Waals surface area contributed by atoms with Gasteiger partial charge in [-0.3, -0.25) is 0 Å². The van der Waals surface area contributed by atoms with Crippen molar-refractivity contribution in [1.29, 1.82) is 0 Å². The summed E-state index contributed by atoms with van der Waals surface area (Å²) < 4.78 is 78.5. The Morgan fingerprint density at radius 1 is 0.517 bits per heavy atom. The quantitative estimate of drug-likeness (QED) is 0.129. The van der Waals surface area contributed by atoms with Crippen molar-refractivity contribution >= 4 is 32.1 Å². The van der Waals surface area contributed by atoms with Crippen LogP contribution < -0.4 is 4.18 Å². The van der Waals surface area contributed by atoms with Crippen LogP contribution in [0.25, 0.3) is 44.2 Å². The summed E-state index contributed by atoms with van der Waals surface area (Å²) in [6.07, 6.45) is 5.58. The van der Waals surface area contributed by atoms with E-state index in [9.17, 15) is 21.6 Å². The van der Waals surface area contributed by atoms with E-state index in [0.29, 0.717) is 11.0 Å². The number of hydrogen-bond acceptors (Lipinski definition) is 4. The Morgan fingerprint density at radius 2 is 0.983 bits per heavy atom. The van der Waals surface area contributed by atoms with Crippen LogP contribution in [0.1, 0.15) is 89.7 Å². The number of benzene rings is 6. The molecule has 58 heavy (non-hydrogen) atoms. The van der Waals surface area contributed by atoms with Gasteiger partial charge in [-0.2, -0.15) is 21.6 Å². The molecule has 0 amide bonds. The molecule has 3 spiro atoms. The predicted molar refractivity (Wildman–Crippen MR) is 218 cm³/mol. The molecule has 7 aromatic rings. The molecule has 0 radical (unpaired) electrons. The van der Waals surface area contributed by atoms with Crippen molar-refractivity contribution in [3.05, 3.63) is 161 Å². The summed E-state index contributed by atoms with van der Waals surface area (Å²) in [5.74, 6) is 0.216. The van der Waals surface area contributed by atoms with E-state index >= 15 is 0 Å². The zero-order chi connectivity index (χ0) is 39.0. The maximum Gasteiger partial charge on any atom is 0.534 e. The van der Waals surface area contributed by atoms with Gasteiger partial charge in [0, 0.05) is 27.0 Å². The highest BCUT2D eigenvalue weighted by molar-refractivity contribution is 7.88. The number of alkyl halides is 3. The zero-order valence-corrected chi connectivity index (χ0v) is 32.2. The van der Waals surface area contributed by atoms with Gasteiger partial charge in [-0.15, -0.1) is 0 Å². The minimum atomic E-state index is -5.97. The highest BCUT2D eigenvalue weighted by Gasteiger charge is 2.72. The first-order chi connectivity index (χ1) is 28.0. The van der Waals surface area contributed by atoms with E-state index in [2.05, 4.69) is 103 Å². The molecule has 6 aliphatic carbocycles. The molecule has 7 unspecified atom stereocenters. The van der Waals surface area contributed by atoms with Crippen LogP contribution in [0.4, 0.5) is 13.2 Å². The number of fused-ring (bicyclic) bond motifs is 12. The Balaban J connectivity index is 1.20. The molecule has 6 bridgehead atoms. The first-order valence-corrected chi connectivity index (χ1v) is 21.8. The second kappa shape index (κ2) is 10.8. The normalized spacial score (nSPS) is 29.6. The molecule has 288 valence electrons. The molecular formula is C50H37F3O4S. The summed E-state index contributed by atoms with van der Waals surface area (Å²) in [7, 11) is -5.97. The van der Waals surface area contributed by atoms with E-state index in [1.807, 2.05) is 18.2 Å². The minimum absolute atomic E-state index is 0.0644. The molecule has 3 saturated carbocycles. The van der Waals surface area contributed by atoms with Crippen LogP contribution >= 0.6 is 0 Å². The fourth-order valence-electron chi connectivity index (χ4n) is 14.6. The van der Waals surface area contributed by atoms with Crippen molar-refractivity contribution in [2.24, 2.45) is 5.92 Å². The topological polar surface area (TPSA) is 56.5 Å².